The van der Waals surface area contributed by atoms with Gasteiger partial charge in [-0.25, -0.2) is 0 Å². The van der Waals surface area contributed by atoms with Crippen LogP contribution in [-0.4, -0.2) is 26.3 Å². The number of para-hydroxylation sites is 1. The van der Waals surface area contributed by atoms with Gasteiger partial charge >= 0.3 is 0 Å². The van der Waals surface area contributed by atoms with Gasteiger partial charge in [0.05, 0.1) is 0 Å². The summed E-state index contributed by atoms with van der Waals surface area (Å²) in [6.07, 6.45) is -0.267. The topological polar surface area (TPSA) is 21.7 Å². The van der Waals surface area contributed by atoms with Gasteiger partial charge in [0, 0.05) is 37.6 Å². The largest absolute Gasteiger partial charge is 0.372 e. The summed E-state index contributed by atoms with van der Waals surface area (Å²) in [5, 5.41) is 0. The Morgan fingerprint density at radius 2 is 1.50 bits per heavy atom. The maximum Gasteiger partial charge on any atom is 0.185 e. The Hall–Kier alpha value is -1.06. The predicted molar refractivity (Wildman–Crippen MR) is 76.0 cm³/mol. The molecule has 0 saturated carbocycles. The highest BCUT2D eigenvalue weighted by molar-refractivity contribution is 5.54. The molecule has 0 bridgehead atoms. The zero-order chi connectivity index (χ0) is 13.4. The third-order valence-corrected chi connectivity index (χ3v) is 2.93. The summed E-state index contributed by atoms with van der Waals surface area (Å²) in [6.45, 7) is 11.6. The molecule has 0 heterocycles. The summed E-state index contributed by atoms with van der Waals surface area (Å²) in [5.41, 5.74) is 2.32. The maximum absolute atomic E-state index is 5.70. The molecule has 3 heteroatoms. The molecule has 0 amide bonds. The van der Waals surface area contributed by atoms with Crippen molar-refractivity contribution in [2.45, 2.75) is 34.0 Å². The van der Waals surface area contributed by atoms with Crippen molar-refractivity contribution in [3.8, 4) is 0 Å². The lowest BCUT2D eigenvalue weighted by atomic mass is 10.1. The van der Waals surface area contributed by atoms with E-state index in [9.17, 15) is 0 Å². The quantitative estimate of drug-likeness (QED) is 0.659. The first-order chi connectivity index (χ1) is 8.78. The van der Waals surface area contributed by atoms with Gasteiger partial charge in [0.1, 0.15) is 0 Å². The summed E-state index contributed by atoms with van der Waals surface area (Å²) in [4.78, 5) is 2.32. The predicted octanol–water partition coefficient (Wildman–Crippen LogP) is 3.60. The van der Waals surface area contributed by atoms with Gasteiger partial charge in [-0.3, -0.25) is 0 Å². The van der Waals surface area contributed by atoms with Crippen LogP contribution in [-0.2, 0) is 9.47 Å². The molecule has 0 aliphatic heterocycles. The van der Waals surface area contributed by atoms with Gasteiger partial charge < -0.3 is 14.4 Å². The fourth-order valence-corrected chi connectivity index (χ4v) is 2.07. The van der Waals surface area contributed by atoms with E-state index in [2.05, 4.69) is 36.9 Å². The summed E-state index contributed by atoms with van der Waals surface area (Å²) in [7, 11) is 0. The van der Waals surface area contributed by atoms with Gasteiger partial charge in [-0.05, 0) is 33.8 Å². The molecule has 0 aliphatic rings. The van der Waals surface area contributed by atoms with Crippen LogP contribution in [0.1, 0.15) is 39.5 Å². The van der Waals surface area contributed by atoms with Crippen LogP contribution in [0, 0.1) is 0 Å². The van der Waals surface area contributed by atoms with E-state index in [0.29, 0.717) is 13.2 Å². The molecule has 0 saturated heterocycles. The van der Waals surface area contributed by atoms with Crippen LogP contribution in [0.3, 0.4) is 0 Å². The van der Waals surface area contributed by atoms with Crippen molar-refractivity contribution in [2.24, 2.45) is 0 Å². The van der Waals surface area contributed by atoms with E-state index in [4.69, 9.17) is 9.47 Å². The molecule has 0 spiro atoms. The van der Waals surface area contributed by atoms with E-state index in [1.165, 1.54) is 5.69 Å². The van der Waals surface area contributed by atoms with E-state index in [1.54, 1.807) is 0 Å². The number of hydrogen-bond acceptors (Lipinski definition) is 3. The molecule has 0 atom stereocenters. The van der Waals surface area contributed by atoms with Gasteiger partial charge in [0.15, 0.2) is 6.29 Å². The molecule has 0 aliphatic carbocycles. The van der Waals surface area contributed by atoms with E-state index >= 15 is 0 Å². The first-order valence-electron chi connectivity index (χ1n) is 6.85. The second kappa shape index (κ2) is 8.11. The lowest BCUT2D eigenvalue weighted by Gasteiger charge is -2.27. The second-order valence-corrected chi connectivity index (χ2v) is 3.97. The zero-order valence-electron chi connectivity index (χ0n) is 12.0. The summed E-state index contributed by atoms with van der Waals surface area (Å²) in [6, 6.07) is 8.32. The van der Waals surface area contributed by atoms with Crippen molar-refractivity contribution in [1.29, 1.82) is 0 Å². The highest BCUT2D eigenvalue weighted by atomic mass is 16.7. The number of nitrogens with zero attached hydrogens (tertiary/aromatic N) is 1. The number of ether oxygens (including phenoxy) is 2. The third-order valence-electron chi connectivity index (χ3n) is 2.93. The standard InChI is InChI=1S/C15H25NO2/c1-5-16(6-2)14-12-10-9-11-13(14)15(17-7-3)18-8-4/h9-12,15H,5-8H2,1-4H3. The lowest BCUT2D eigenvalue weighted by Crippen LogP contribution is -2.24. The first-order valence-corrected chi connectivity index (χ1v) is 6.85. The first kappa shape index (κ1) is 15.0. The van der Waals surface area contributed by atoms with Crippen molar-refractivity contribution >= 4 is 5.69 Å². The van der Waals surface area contributed by atoms with E-state index < -0.39 is 0 Å². The van der Waals surface area contributed by atoms with E-state index in [0.717, 1.165) is 18.7 Å². The Labute approximate surface area is 111 Å². The molecular formula is C15H25NO2. The third kappa shape index (κ3) is 3.72. The molecule has 1 aromatic rings. The molecular weight excluding hydrogens is 226 g/mol. The Kier molecular flexibility index (Phi) is 6.76. The summed E-state index contributed by atoms with van der Waals surface area (Å²) < 4.78 is 11.4. The maximum atomic E-state index is 5.70. The average molecular weight is 251 g/mol. The smallest absolute Gasteiger partial charge is 0.185 e. The van der Waals surface area contributed by atoms with Gasteiger partial charge in [-0.1, -0.05) is 18.2 Å². The summed E-state index contributed by atoms with van der Waals surface area (Å²) >= 11 is 0. The van der Waals surface area contributed by atoms with Crippen LogP contribution < -0.4 is 4.90 Å². The Balaban J connectivity index is 3.04. The lowest BCUT2D eigenvalue weighted by molar-refractivity contribution is -0.140. The number of benzene rings is 1. The molecule has 0 fully saturated rings. The molecule has 0 unspecified atom stereocenters. The molecule has 18 heavy (non-hydrogen) atoms. The molecule has 1 rings (SSSR count). The molecule has 0 N–H and O–H groups in total. The molecule has 0 aromatic heterocycles. The van der Waals surface area contributed by atoms with Crippen molar-refractivity contribution in [2.75, 3.05) is 31.2 Å². The van der Waals surface area contributed by atoms with Gasteiger partial charge in [-0.2, -0.15) is 0 Å². The summed E-state index contributed by atoms with van der Waals surface area (Å²) in [5.74, 6) is 0. The highest BCUT2D eigenvalue weighted by Gasteiger charge is 2.17. The van der Waals surface area contributed by atoms with Gasteiger partial charge in [0.2, 0.25) is 0 Å². The molecule has 3 nitrogen and oxygen atoms in total. The van der Waals surface area contributed by atoms with Crippen LogP contribution in [0.25, 0.3) is 0 Å². The number of rotatable bonds is 8. The Morgan fingerprint density at radius 3 is 2.00 bits per heavy atom. The monoisotopic (exact) mass is 251 g/mol. The van der Waals surface area contributed by atoms with Crippen molar-refractivity contribution in [3.63, 3.8) is 0 Å². The van der Waals surface area contributed by atoms with Crippen LogP contribution in [0.5, 0.6) is 0 Å². The van der Waals surface area contributed by atoms with E-state index in [-0.39, 0.29) is 6.29 Å². The highest BCUT2D eigenvalue weighted by Crippen LogP contribution is 2.29. The number of anilines is 1. The minimum atomic E-state index is -0.267. The number of hydrogen-bond donors (Lipinski definition) is 0. The SMILES string of the molecule is CCOC(OCC)c1ccccc1N(CC)CC. The van der Waals surface area contributed by atoms with Crippen LogP contribution >= 0.6 is 0 Å². The van der Waals surface area contributed by atoms with E-state index in [1.807, 2.05) is 19.9 Å². The second-order valence-electron chi connectivity index (χ2n) is 3.97. The normalized spacial score (nSPS) is 10.9. The van der Waals surface area contributed by atoms with Crippen LogP contribution in [0.15, 0.2) is 24.3 Å². The molecule has 102 valence electrons. The van der Waals surface area contributed by atoms with Crippen LogP contribution in [0.4, 0.5) is 5.69 Å². The minimum absolute atomic E-state index is 0.267. The van der Waals surface area contributed by atoms with Gasteiger partial charge in [0.25, 0.3) is 0 Å². The van der Waals surface area contributed by atoms with Gasteiger partial charge in [-0.15, -0.1) is 0 Å². The Morgan fingerprint density at radius 1 is 0.944 bits per heavy atom. The Bertz CT molecular complexity index is 331. The van der Waals surface area contributed by atoms with Crippen LogP contribution in [0.2, 0.25) is 0 Å². The van der Waals surface area contributed by atoms with Crippen molar-refractivity contribution in [1.82, 2.24) is 0 Å². The zero-order valence-corrected chi connectivity index (χ0v) is 12.0. The fraction of sp³-hybridized carbons (Fsp3) is 0.600. The fourth-order valence-electron chi connectivity index (χ4n) is 2.07. The van der Waals surface area contributed by atoms with Crippen molar-refractivity contribution in [3.05, 3.63) is 29.8 Å². The average Bonchev–Trinajstić information content (AvgIpc) is 2.41. The molecule has 0 radical (unpaired) electrons. The molecule has 1 aromatic carbocycles. The van der Waals surface area contributed by atoms with Crippen molar-refractivity contribution < 1.29 is 9.47 Å². The minimum Gasteiger partial charge on any atom is -0.372 e.